The Bertz CT molecular complexity index is 502. The molecule has 2 atom stereocenters. The molecular formula is C15H21NO4S. The molecule has 5 nitrogen and oxygen atoms in total. The van der Waals surface area contributed by atoms with Crippen molar-refractivity contribution in [3.8, 4) is 0 Å². The second kappa shape index (κ2) is 8.56. The average molecular weight is 311 g/mol. The molecule has 1 amide bonds. The number of nitrogens with one attached hydrogen (secondary N) is 1. The van der Waals surface area contributed by atoms with Gasteiger partial charge >= 0.3 is 5.97 Å². The van der Waals surface area contributed by atoms with Gasteiger partial charge in [0.2, 0.25) is 5.91 Å². The van der Waals surface area contributed by atoms with Crippen LogP contribution in [0.1, 0.15) is 26.7 Å². The van der Waals surface area contributed by atoms with Crippen LogP contribution >= 0.6 is 0 Å². The second-order valence-electron chi connectivity index (χ2n) is 5.21. The fourth-order valence-corrected chi connectivity index (χ4v) is 2.94. The zero-order valence-electron chi connectivity index (χ0n) is 12.2. The van der Waals surface area contributed by atoms with Gasteiger partial charge in [-0.1, -0.05) is 32.0 Å². The third-order valence-electron chi connectivity index (χ3n) is 2.82. The van der Waals surface area contributed by atoms with Gasteiger partial charge in [-0.05, 0) is 24.5 Å². The van der Waals surface area contributed by atoms with Crippen LogP contribution < -0.4 is 5.32 Å². The first-order valence-corrected chi connectivity index (χ1v) is 8.17. The van der Waals surface area contributed by atoms with Crippen LogP contribution in [0.25, 0.3) is 0 Å². The van der Waals surface area contributed by atoms with Gasteiger partial charge in [-0.25, -0.2) is 4.79 Å². The van der Waals surface area contributed by atoms with Gasteiger partial charge < -0.3 is 10.4 Å². The summed E-state index contributed by atoms with van der Waals surface area (Å²) in [5.74, 6) is -1.03. The van der Waals surface area contributed by atoms with Gasteiger partial charge in [0, 0.05) is 17.1 Å². The molecule has 0 bridgehead atoms. The lowest BCUT2D eigenvalue weighted by Crippen LogP contribution is -2.42. The largest absolute Gasteiger partial charge is 0.480 e. The number of carboxylic acid groups (broad SMARTS) is 1. The molecule has 0 radical (unpaired) electrons. The Labute approximate surface area is 127 Å². The van der Waals surface area contributed by atoms with E-state index in [1.54, 1.807) is 24.3 Å². The van der Waals surface area contributed by atoms with E-state index in [4.69, 9.17) is 5.11 Å². The monoisotopic (exact) mass is 311 g/mol. The lowest BCUT2D eigenvalue weighted by atomic mass is 10.1. The number of hydrogen-bond donors (Lipinski definition) is 2. The molecule has 0 saturated heterocycles. The SMILES string of the molecule is CC(C)CC(=O)N[C@H](CC[S@@](=O)c1ccccc1)C(=O)O. The molecule has 0 aliphatic rings. The minimum atomic E-state index is -1.26. The van der Waals surface area contributed by atoms with Gasteiger partial charge in [-0.2, -0.15) is 0 Å². The summed E-state index contributed by atoms with van der Waals surface area (Å²) in [6.45, 7) is 3.78. The molecule has 2 N–H and O–H groups in total. The van der Waals surface area contributed by atoms with Gasteiger partial charge in [-0.3, -0.25) is 9.00 Å². The lowest BCUT2D eigenvalue weighted by Gasteiger charge is -2.15. The molecule has 0 fully saturated rings. The Kier molecular flexibility index (Phi) is 7.08. The van der Waals surface area contributed by atoms with E-state index in [9.17, 15) is 13.8 Å². The summed E-state index contributed by atoms with van der Waals surface area (Å²) in [6.07, 6.45) is 0.423. The highest BCUT2D eigenvalue weighted by molar-refractivity contribution is 7.85. The minimum absolute atomic E-state index is 0.140. The summed E-state index contributed by atoms with van der Waals surface area (Å²) in [5, 5.41) is 11.6. The summed E-state index contributed by atoms with van der Waals surface area (Å²) in [4.78, 5) is 23.5. The van der Waals surface area contributed by atoms with Gasteiger partial charge in [-0.15, -0.1) is 0 Å². The average Bonchev–Trinajstić information content (AvgIpc) is 2.42. The smallest absolute Gasteiger partial charge is 0.326 e. The van der Waals surface area contributed by atoms with E-state index >= 15 is 0 Å². The van der Waals surface area contributed by atoms with Crippen molar-refractivity contribution in [2.45, 2.75) is 37.6 Å². The third-order valence-corrected chi connectivity index (χ3v) is 4.23. The molecule has 0 aromatic heterocycles. The Morgan fingerprint density at radius 3 is 2.38 bits per heavy atom. The van der Waals surface area contributed by atoms with Crippen LogP contribution in [0, 0.1) is 5.92 Å². The maximum absolute atomic E-state index is 12.0. The van der Waals surface area contributed by atoms with E-state index in [2.05, 4.69) is 5.32 Å². The van der Waals surface area contributed by atoms with Crippen LogP contribution in [-0.2, 0) is 20.4 Å². The second-order valence-corrected chi connectivity index (χ2v) is 6.78. The molecule has 6 heteroatoms. The van der Waals surface area contributed by atoms with E-state index in [0.29, 0.717) is 4.90 Å². The predicted molar refractivity (Wildman–Crippen MR) is 81.4 cm³/mol. The van der Waals surface area contributed by atoms with Crippen molar-refractivity contribution >= 4 is 22.7 Å². The molecule has 0 spiro atoms. The van der Waals surface area contributed by atoms with E-state index < -0.39 is 22.8 Å². The predicted octanol–water partition coefficient (Wildman–Crippen LogP) is 1.80. The van der Waals surface area contributed by atoms with E-state index in [1.165, 1.54) is 0 Å². The van der Waals surface area contributed by atoms with Crippen molar-refractivity contribution in [2.75, 3.05) is 5.75 Å². The number of benzene rings is 1. The van der Waals surface area contributed by atoms with Crippen molar-refractivity contribution in [3.63, 3.8) is 0 Å². The molecule has 116 valence electrons. The first kappa shape index (κ1) is 17.4. The highest BCUT2D eigenvalue weighted by Gasteiger charge is 2.21. The molecule has 0 unspecified atom stereocenters. The first-order valence-electron chi connectivity index (χ1n) is 6.85. The maximum atomic E-state index is 12.0. The summed E-state index contributed by atoms with van der Waals surface area (Å²) >= 11 is 0. The molecule has 1 aromatic rings. The Hall–Kier alpha value is -1.69. The quantitative estimate of drug-likeness (QED) is 0.767. The molecule has 0 heterocycles. The number of carbonyl (C=O) groups is 2. The first-order chi connectivity index (χ1) is 9.90. The van der Waals surface area contributed by atoms with Gasteiger partial charge in [0.25, 0.3) is 0 Å². The number of rotatable bonds is 8. The summed E-state index contributed by atoms with van der Waals surface area (Å²) in [7, 11) is -1.26. The standard InChI is InChI=1S/C15H21NO4S/c1-11(2)10-14(17)16-13(15(18)19)8-9-21(20)12-6-4-3-5-7-12/h3-7,11,13H,8-10H2,1-2H3,(H,16,17)(H,18,19)/t13-,21-/m1/s1. The van der Waals surface area contributed by atoms with E-state index in [1.807, 2.05) is 19.9 Å². The van der Waals surface area contributed by atoms with Crippen LogP contribution in [0.3, 0.4) is 0 Å². The maximum Gasteiger partial charge on any atom is 0.326 e. The van der Waals surface area contributed by atoms with Crippen LogP contribution in [0.2, 0.25) is 0 Å². The summed E-state index contributed by atoms with van der Waals surface area (Å²) < 4.78 is 12.0. The van der Waals surface area contributed by atoms with Crippen LogP contribution in [0.5, 0.6) is 0 Å². The molecule has 0 aliphatic carbocycles. The van der Waals surface area contributed by atoms with Crippen LogP contribution in [0.4, 0.5) is 0 Å². The molecule has 0 saturated carbocycles. The zero-order chi connectivity index (χ0) is 15.8. The Morgan fingerprint density at radius 1 is 1.24 bits per heavy atom. The van der Waals surface area contributed by atoms with Gasteiger partial charge in [0.05, 0.1) is 10.8 Å². The fourth-order valence-electron chi connectivity index (χ4n) is 1.80. The van der Waals surface area contributed by atoms with Crippen molar-refractivity contribution in [2.24, 2.45) is 5.92 Å². The highest BCUT2D eigenvalue weighted by Crippen LogP contribution is 2.08. The van der Waals surface area contributed by atoms with Crippen molar-refractivity contribution in [1.82, 2.24) is 5.32 Å². The number of aliphatic carboxylic acids is 1. The minimum Gasteiger partial charge on any atom is -0.480 e. The normalized spacial score (nSPS) is 13.7. The van der Waals surface area contributed by atoms with Crippen LogP contribution in [-0.4, -0.2) is 33.0 Å². The number of amides is 1. The Balaban J connectivity index is 2.54. The van der Waals surface area contributed by atoms with Gasteiger partial charge in [0.15, 0.2) is 0 Å². The summed E-state index contributed by atoms with van der Waals surface area (Å²) in [6, 6.07) is 7.88. The number of carboxylic acids is 1. The molecular weight excluding hydrogens is 290 g/mol. The number of hydrogen-bond acceptors (Lipinski definition) is 3. The third kappa shape index (κ3) is 6.53. The molecule has 1 rings (SSSR count). The van der Waals surface area contributed by atoms with Crippen molar-refractivity contribution in [1.29, 1.82) is 0 Å². The molecule has 0 aliphatic heterocycles. The number of carbonyl (C=O) groups excluding carboxylic acids is 1. The van der Waals surface area contributed by atoms with Crippen molar-refractivity contribution < 1.29 is 18.9 Å². The summed E-state index contributed by atoms with van der Waals surface area (Å²) in [5.41, 5.74) is 0. The molecule has 1 aromatic carbocycles. The Morgan fingerprint density at radius 2 is 1.86 bits per heavy atom. The highest BCUT2D eigenvalue weighted by atomic mass is 32.2. The fraction of sp³-hybridized carbons (Fsp3) is 0.467. The van der Waals surface area contributed by atoms with E-state index in [0.717, 1.165) is 0 Å². The van der Waals surface area contributed by atoms with Gasteiger partial charge in [0.1, 0.15) is 6.04 Å². The van der Waals surface area contributed by atoms with Crippen LogP contribution in [0.15, 0.2) is 35.2 Å². The molecule has 21 heavy (non-hydrogen) atoms. The lowest BCUT2D eigenvalue weighted by molar-refractivity contribution is -0.142. The van der Waals surface area contributed by atoms with E-state index in [-0.39, 0.29) is 30.4 Å². The topological polar surface area (TPSA) is 83.5 Å². The van der Waals surface area contributed by atoms with Crippen molar-refractivity contribution in [3.05, 3.63) is 30.3 Å². The zero-order valence-corrected chi connectivity index (χ0v) is 13.1.